The van der Waals surface area contributed by atoms with Gasteiger partial charge in [0.2, 0.25) is 5.91 Å². The first-order valence-electron chi connectivity index (χ1n) is 10.0. The summed E-state index contributed by atoms with van der Waals surface area (Å²) in [5, 5.41) is 5.86. The van der Waals surface area contributed by atoms with Gasteiger partial charge < -0.3 is 15.4 Å². The van der Waals surface area contributed by atoms with Gasteiger partial charge in [0.1, 0.15) is 0 Å². The third-order valence-electron chi connectivity index (χ3n) is 4.78. The molecule has 6 heteroatoms. The van der Waals surface area contributed by atoms with E-state index in [0.29, 0.717) is 12.1 Å². The third-order valence-corrected chi connectivity index (χ3v) is 5.98. The van der Waals surface area contributed by atoms with Gasteiger partial charge in [-0.3, -0.25) is 9.59 Å². The summed E-state index contributed by atoms with van der Waals surface area (Å²) in [5.74, 6) is 0.710. The van der Waals surface area contributed by atoms with Gasteiger partial charge >= 0.3 is 0 Å². The van der Waals surface area contributed by atoms with Crippen molar-refractivity contribution in [1.29, 1.82) is 0 Å². The second kappa shape index (κ2) is 10.5. The molecule has 0 spiro atoms. The minimum atomic E-state index is -0.0855. The van der Waals surface area contributed by atoms with Gasteiger partial charge in [0.05, 0.1) is 11.7 Å². The van der Waals surface area contributed by atoms with E-state index in [1.54, 1.807) is 11.8 Å². The number of carbonyl (C=O) groups is 2. The molecule has 5 nitrogen and oxygen atoms in total. The van der Waals surface area contributed by atoms with Crippen LogP contribution < -0.4 is 10.6 Å². The first kappa shape index (κ1) is 21.4. The van der Waals surface area contributed by atoms with Crippen LogP contribution in [0.2, 0.25) is 0 Å². The summed E-state index contributed by atoms with van der Waals surface area (Å²) < 4.78 is 5.68. The van der Waals surface area contributed by atoms with Crippen molar-refractivity contribution in [2.75, 3.05) is 17.7 Å². The largest absolute Gasteiger partial charge is 0.377 e. The molecule has 0 aromatic heterocycles. The maximum absolute atomic E-state index is 12.7. The predicted molar refractivity (Wildman–Crippen MR) is 117 cm³/mol. The van der Waals surface area contributed by atoms with Crippen molar-refractivity contribution < 1.29 is 14.3 Å². The highest BCUT2D eigenvalue weighted by molar-refractivity contribution is 7.99. The van der Waals surface area contributed by atoms with Crippen LogP contribution in [0.1, 0.15) is 42.6 Å². The van der Waals surface area contributed by atoms with Crippen molar-refractivity contribution in [1.82, 2.24) is 5.32 Å². The SMILES string of the molecule is CC(C)C(=O)Nc1ccc(CNC(=O)c2ccccc2SCC2CCCO2)cc1. The van der Waals surface area contributed by atoms with Gasteiger partial charge in [-0.2, -0.15) is 0 Å². The molecule has 0 bridgehead atoms. The Kier molecular flexibility index (Phi) is 7.72. The number of amides is 2. The highest BCUT2D eigenvalue weighted by Gasteiger charge is 2.18. The lowest BCUT2D eigenvalue weighted by Gasteiger charge is -2.13. The number of benzene rings is 2. The number of ether oxygens (including phenoxy) is 1. The highest BCUT2D eigenvalue weighted by Crippen LogP contribution is 2.26. The Morgan fingerprint density at radius 2 is 1.90 bits per heavy atom. The fourth-order valence-corrected chi connectivity index (χ4v) is 4.13. The van der Waals surface area contributed by atoms with Crippen LogP contribution in [0.15, 0.2) is 53.4 Å². The molecular formula is C23H28N2O3S. The second-order valence-electron chi connectivity index (χ2n) is 7.47. The van der Waals surface area contributed by atoms with Crippen LogP contribution >= 0.6 is 11.8 Å². The molecule has 1 saturated heterocycles. The fourth-order valence-electron chi connectivity index (χ4n) is 3.01. The first-order chi connectivity index (χ1) is 14.0. The second-order valence-corrected chi connectivity index (χ2v) is 8.53. The molecule has 0 radical (unpaired) electrons. The summed E-state index contributed by atoms with van der Waals surface area (Å²) in [6.07, 6.45) is 2.49. The van der Waals surface area contributed by atoms with Crippen LogP contribution in [0.3, 0.4) is 0 Å². The van der Waals surface area contributed by atoms with E-state index in [0.717, 1.165) is 41.3 Å². The zero-order valence-corrected chi connectivity index (χ0v) is 17.8. The van der Waals surface area contributed by atoms with Crippen molar-refractivity contribution in [2.24, 2.45) is 5.92 Å². The van der Waals surface area contributed by atoms with Crippen LogP contribution in [0.4, 0.5) is 5.69 Å². The fraction of sp³-hybridized carbons (Fsp3) is 0.391. The molecule has 1 fully saturated rings. The lowest BCUT2D eigenvalue weighted by atomic mass is 10.1. The van der Waals surface area contributed by atoms with Crippen LogP contribution in [-0.2, 0) is 16.1 Å². The van der Waals surface area contributed by atoms with Crippen LogP contribution in [-0.4, -0.2) is 30.3 Å². The van der Waals surface area contributed by atoms with Gasteiger partial charge in [0.25, 0.3) is 5.91 Å². The highest BCUT2D eigenvalue weighted by atomic mass is 32.2. The van der Waals surface area contributed by atoms with Crippen LogP contribution in [0.5, 0.6) is 0 Å². The Labute approximate surface area is 176 Å². The minimum Gasteiger partial charge on any atom is -0.377 e. The molecule has 154 valence electrons. The van der Waals surface area contributed by atoms with Crippen LogP contribution in [0.25, 0.3) is 0 Å². The Balaban J connectivity index is 1.54. The topological polar surface area (TPSA) is 67.4 Å². The van der Waals surface area contributed by atoms with Crippen molar-refractivity contribution >= 4 is 29.3 Å². The van der Waals surface area contributed by atoms with E-state index in [1.807, 2.05) is 62.4 Å². The number of anilines is 1. The quantitative estimate of drug-likeness (QED) is 0.627. The molecule has 1 aliphatic heterocycles. The minimum absolute atomic E-state index is 0.0110. The summed E-state index contributed by atoms with van der Waals surface area (Å²) in [5.41, 5.74) is 2.43. The maximum atomic E-state index is 12.7. The average molecular weight is 413 g/mol. The standard InChI is InChI=1S/C23H28N2O3S/c1-16(2)22(26)25-18-11-9-17(10-12-18)14-24-23(27)20-7-3-4-8-21(20)29-15-19-6-5-13-28-19/h3-4,7-12,16,19H,5-6,13-15H2,1-2H3,(H,24,27)(H,25,26). The summed E-state index contributed by atoms with van der Waals surface area (Å²) in [7, 11) is 0. The Morgan fingerprint density at radius 1 is 1.14 bits per heavy atom. The van der Waals surface area contributed by atoms with E-state index >= 15 is 0 Å². The molecule has 3 rings (SSSR count). The van der Waals surface area contributed by atoms with Crippen molar-refractivity contribution in [3.8, 4) is 0 Å². The van der Waals surface area contributed by atoms with Crippen molar-refractivity contribution in [2.45, 2.75) is 44.2 Å². The summed E-state index contributed by atoms with van der Waals surface area (Å²) in [4.78, 5) is 25.4. The molecule has 1 aliphatic rings. The number of rotatable bonds is 8. The molecule has 1 atom stereocenters. The lowest BCUT2D eigenvalue weighted by molar-refractivity contribution is -0.118. The monoisotopic (exact) mass is 412 g/mol. The van der Waals surface area contributed by atoms with E-state index in [4.69, 9.17) is 4.74 Å². The predicted octanol–water partition coefficient (Wildman–Crippen LogP) is 4.48. The number of hydrogen-bond acceptors (Lipinski definition) is 4. The summed E-state index contributed by atoms with van der Waals surface area (Å²) >= 11 is 1.68. The van der Waals surface area contributed by atoms with Crippen LogP contribution in [0, 0.1) is 5.92 Å². The van der Waals surface area contributed by atoms with Gasteiger partial charge in [-0.25, -0.2) is 0 Å². The van der Waals surface area contributed by atoms with Gasteiger partial charge in [0.15, 0.2) is 0 Å². The van der Waals surface area contributed by atoms with E-state index in [9.17, 15) is 9.59 Å². The Morgan fingerprint density at radius 3 is 2.59 bits per heavy atom. The number of hydrogen-bond donors (Lipinski definition) is 2. The average Bonchev–Trinajstić information content (AvgIpc) is 3.25. The van der Waals surface area contributed by atoms with Gasteiger partial charge in [0, 0.05) is 35.4 Å². The summed E-state index contributed by atoms with van der Waals surface area (Å²) in [6.45, 7) is 4.99. The third kappa shape index (κ3) is 6.34. The molecule has 2 aromatic carbocycles. The molecule has 29 heavy (non-hydrogen) atoms. The van der Waals surface area contributed by atoms with Crippen molar-refractivity contribution in [3.63, 3.8) is 0 Å². The van der Waals surface area contributed by atoms with E-state index in [2.05, 4.69) is 10.6 Å². The van der Waals surface area contributed by atoms with E-state index < -0.39 is 0 Å². The molecule has 1 heterocycles. The maximum Gasteiger partial charge on any atom is 0.252 e. The van der Waals surface area contributed by atoms with Gasteiger partial charge in [-0.15, -0.1) is 11.8 Å². The zero-order chi connectivity index (χ0) is 20.6. The van der Waals surface area contributed by atoms with Gasteiger partial charge in [-0.1, -0.05) is 38.1 Å². The zero-order valence-electron chi connectivity index (χ0n) is 16.9. The molecular weight excluding hydrogens is 384 g/mol. The lowest BCUT2D eigenvalue weighted by Crippen LogP contribution is -2.23. The normalized spacial score (nSPS) is 16.0. The number of carbonyl (C=O) groups excluding carboxylic acids is 2. The Hall–Kier alpha value is -2.31. The van der Waals surface area contributed by atoms with E-state index in [-0.39, 0.29) is 23.8 Å². The molecule has 0 saturated carbocycles. The molecule has 2 N–H and O–H groups in total. The van der Waals surface area contributed by atoms with E-state index in [1.165, 1.54) is 0 Å². The molecule has 1 unspecified atom stereocenters. The summed E-state index contributed by atoms with van der Waals surface area (Å²) in [6, 6.07) is 15.2. The Bertz CT molecular complexity index is 830. The number of thioether (sulfide) groups is 1. The number of nitrogens with one attached hydrogen (secondary N) is 2. The van der Waals surface area contributed by atoms with Crippen molar-refractivity contribution in [3.05, 3.63) is 59.7 Å². The molecule has 2 aromatic rings. The van der Waals surface area contributed by atoms with Gasteiger partial charge in [-0.05, 0) is 42.7 Å². The molecule has 2 amide bonds. The first-order valence-corrected chi connectivity index (χ1v) is 11.0. The smallest absolute Gasteiger partial charge is 0.252 e. The molecule has 0 aliphatic carbocycles.